The quantitative estimate of drug-likeness (QED) is 0.769. The summed E-state index contributed by atoms with van der Waals surface area (Å²) in [5, 5.41) is 3.83. The number of hydrogen-bond donors (Lipinski definition) is 1. The first kappa shape index (κ1) is 13.3. The van der Waals surface area contributed by atoms with E-state index in [0.29, 0.717) is 6.04 Å². The van der Waals surface area contributed by atoms with Gasteiger partial charge < -0.3 is 15.0 Å². The van der Waals surface area contributed by atoms with E-state index < -0.39 is 0 Å². The molecule has 17 heavy (non-hydrogen) atoms. The van der Waals surface area contributed by atoms with Crippen molar-refractivity contribution in [1.82, 2.24) is 10.2 Å². The second kappa shape index (κ2) is 6.17. The third-order valence-electron chi connectivity index (χ3n) is 4.57. The third-order valence-corrected chi connectivity index (χ3v) is 4.57. The zero-order chi connectivity index (χ0) is 12.3. The predicted octanol–water partition coefficient (Wildman–Crippen LogP) is 2.02. The number of ether oxygens (including phenoxy) is 1. The second-order valence-corrected chi connectivity index (χ2v) is 5.83. The van der Waals surface area contributed by atoms with Gasteiger partial charge in [-0.3, -0.25) is 0 Å². The maximum absolute atomic E-state index is 5.32. The van der Waals surface area contributed by atoms with Crippen molar-refractivity contribution in [2.24, 2.45) is 0 Å². The molecule has 100 valence electrons. The Bertz CT molecular complexity index is 214. The third kappa shape index (κ3) is 3.21. The lowest BCUT2D eigenvalue weighted by Crippen LogP contribution is -2.50. The molecule has 0 aromatic carbocycles. The van der Waals surface area contributed by atoms with Crippen molar-refractivity contribution in [2.75, 3.05) is 20.8 Å². The standard InChI is InChI=1S/C14H28N2O/c1-4-5-11(10-17-3)15-12-8-13-6-7-14(9-12)16(13)2/h11-15H,4-10H2,1-3H3. The largest absolute Gasteiger partial charge is 0.383 e. The van der Waals surface area contributed by atoms with E-state index in [4.69, 9.17) is 4.74 Å². The van der Waals surface area contributed by atoms with Crippen molar-refractivity contribution in [3.63, 3.8) is 0 Å². The summed E-state index contributed by atoms with van der Waals surface area (Å²) in [6.07, 6.45) is 7.94. The molecule has 2 heterocycles. The Morgan fingerprint density at radius 2 is 1.94 bits per heavy atom. The monoisotopic (exact) mass is 240 g/mol. The van der Waals surface area contributed by atoms with E-state index in [1.807, 2.05) is 7.11 Å². The molecule has 2 saturated heterocycles. The second-order valence-electron chi connectivity index (χ2n) is 5.83. The lowest BCUT2D eigenvalue weighted by molar-refractivity contribution is 0.117. The van der Waals surface area contributed by atoms with Gasteiger partial charge in [0.15, 0.2) is 0 Å². The Hall–Kier alpha value is -0.120. The van der Waals surface area contributed by atoms with Crippen molar-refractivity contribution in [3.05, 3.63) is 0 Å². The van der Waals surface area contributed by atoms with E-state index in [2.05, 4.69) is 24.2 Å². The normalized spacial score (nSPS) is 35.1. The molecule has 2 aliphatic rings. The molecule has 1 N–H and O–H groups in total. The smallest absolute Gasteiger partial charge is 0.0615 e. The molecule has 0 aromatic rings. The number of nitrogens with one attached hydrogen (secondary N) is 1. The first-order valence-corrected chi connectivity index (χ1v) is 7.21. The number of hydrogen-bond acceptors (Lipinski definition) is 3. The molecule has 0 aromatic heterocycles. The highest BCUT2D eigenvalue weighted by atomic mass is 16.5. The molecule has 0 saturated carbocycles. The van der Waals surface area contributed by atoms with Crippen LogP contribution in [-0.2, 0) is 4.74 Å². The SMILES string of the molecule is CCCC(COC)NC1CC2CCC(C1)N2C. The van der Waals surface area contributed by atoms with Crippen LogP contribution in [0.1, 0.15) is 45.4 Å². The van der Waals surface area contributed by atoms with Crippen LogP contribution in [0.5, 0.6) is 0 Å². The van der Waals surface area contributed by atoms with Crippen LogP contribution in [0.2, 0.25) is 0 Å². The van der Waals surface area contributed by atoms with Gasteiger partial charge in [0.2, 0.25) is 0 Å². The summed E-state index contributed by atoms with van der Waals surface area (Å²) in [5.41, 5.74) is 0. The lowest BCUT2D eigenvalue weighted by atomic mass is 9.96. The van der Waals surface area contributed by atoms with E-state index in [-0.39, 0.29) is 0 Å². The van der Waals surface area contributed by atoms with Gasteiger partial charge in [-0.25, -0.2) is 0 Å². The first-order valence-electron chi connectivity index (χ1n) is 7.21. The topological polar surface area (TPSA) is 24.5 Å². The van der Waals surface area contributed by atoms with Gasteiger partial charge >= 0.3 is 0 Å². The van der Waals surface area contributed by atoms with Gasteiger partial charge in [0.25, 0.3) is 0 Å². The van der Waals surface area contributed by atoms with Crippen LogP contribution in [0.25, 0.3) is 0 Å². The molecule has 2 aliphatic heterocycles. The molecular weight excluding hydrogens is 212 g/mol. The zero-order valence-corrected chi connectivity index (χ0v) is 11.6. The highest BCUT2D eigenvalue weighted by Crippen LogP contribution is 2.34. The van der Waals surface area contributed by atoms with Crippen molar-refractivity contribution >= 4 is 0 Å². The molecule has 3 atom stereocenters. The van der Waals surface area contributed by atoms with Crippen molar-refractivity contribution in [1.29, 1.82) is 0 Å². The van der Waals surface area contributed by atoms with Crippen LogP contribution in [-0.4, -0.2) is 49.8 Å². The fraction of sp³-hybridized carbons (Fsp3) is 1.00. The molecule has 0 radical (unpaired) electrons. The fourth-order valence-electron chi connectivity index (χ4n) is 3.65. The zero-order valence-electron chi connectivity index (χ0n) is 11.6. The molecule has 2 fully saturated rings. The van der Waals surface area contributed by atoms with Gasteiger partial charge in [-0.05, 0) is 39.2 Å². The Labute approximate surface area is 106 Å². The number of piperidine rings is 1. The summed E-state index contributed by atoms with van der Waals surface area (Å²) in [7, 11) is 4.11. The summed E-state index contributed by atoms with van der Waals surface area (Å²) in [6, 6.07) is 2.93. The molecule has 3 unspecified atom stereocenters. The molecule has 0 amide bonds. The summed E-state index contributed by atoms with van der Waals surface area (Å²) in [6.45, 7) is 3.11. The van der Waals surface area contributed by atoms with Gasteiger partial charge in [0, 0.05) is 31.3 Å². The maximum Gasteiger partial charge on any atom is 0.0615 e. The molecule has 0 aliphatic carbocycles. The van der Waals surface area contributed by atoms with Crippen LogP contribution in [0, 0.1) is 0 Å². The van der Waals surface area contributed by atoms with Crippen molar-refractivity contribution in [3.8, 4) is 0 Å². The van der Waals surface area contributed by atoms with Crippen LogP contribution in [0.4, 0.5) is 0 Å². The number of rotatable bonds is 6. The Morgan fingerprint density at radius 3 is 2.47 bits per heavy atom. The molecular formula is C14H28N2O. The molecule has 3 heteroatoms. The van der Waals surface area contributed by atoms with Crippen LogP contribution < -0.4 is 5.32 Å². The summed E-state index contributed by atoms with van der Waals surface area (Å²) in [4.78, 5) is 2.60. The molecule has 0 spiro atoms. The minimum Gasteiger partial charge on any atom is -0.383 e. The highest BCUT2D eigenvalue weighted by Gasteiger charge is 2.38. The van der Waals surface area contributed by atoms with Gasteiger partial charge in [-0.1, -0.05) is 13.3 Å². The molecule has 3 nitrogen and oxygen atoms in total. The predicted molar refractivity (Wildman–Crippen MR) is 71.3 cm³/mol. The first-order chi connectivity index (χ1) is 8.24. The highest BCUT2D eigenvalue weighted by molar-refractivity contribution is 4.96. The summed E-state index contributed by atoms with van der Waals surface area (Å²) >= 11 is 0. The van der Waals surface area contributed by atoms with Crippen molar-refractivity contribution < 1.29 is 4.74 Å². The van der Waals surface area contributed by atoms with Crippen LogP contribution >= 0.6 is 0 Å². The average Bonchev–Trinajstić information content (AvgIpc) is 2.53. The van der Waals surface area contributed by atoms with Gasteiger partial charge in [-0.15, -0.1) is 0 Å². The summed E-state index contributed by atoms with van der Waals surface area (Å²) in [5.74, 6) is 0. The number of fused-ring (bicyclic) bond motifs is 2. The van der Waals surface area contributed by atoms with Crippen LogP contribution in [0.3, 0.4) is 0 Å². The van der Waals surface area contributed by atoms with E-state index in [9.17, 15) is 0 Å². The Balaban J connectivity index is 1.82. The van der Waals surface area contributed by atoms with E-state index >= 15 is 0 Å². The minimum absolute atomic E-state index is 0.554. The maximum atomic E-state index is 5.32. The van der Waals surface area contributed by atoms with E-state index in [0.717, 1.165) is 24.7 Å². The van der Waals surface area contributed by atoms with Crippen molar-refractivity contribution in [2.45, 2.75) is 69.6 Å². The van der Waals surface area contributed by atoms with Gasteiger partial charge in [-0.2, -0.15) is 0 Å². The van der Waals surface area contributed by atoms with E-state index in [1.54, 1.807) is 0 Å². The average molecular weight is 240 g/mol. The minimum atomic E-state index is 0.554. The number of nitrogens with zero attached hydrogens (tertiary/aromatic N) is 1. The van der Waals surface area contributed by atoms with E-state index in [1.165, 1.54) is 38.5 Å². The number of methoxy groups -OCH3 is 1. The lowest BCUT2D eigenvalue weighted by Gasteiger charge is -2.38. The Morgan fingerprint density at radius 1 is 1.29 bits per heavy atom. The van der Waals surface area contributed by atoms with Gasteiger partial charge in [0.1, 0.15) is 0 Å². The summed E-state index contributed by atoms with van der Waals surface area (Å²) < 4.78 is 5.32. The fourth-order valence-corrected chi connectivity index (χ4v) is 3.65. The molecule has 2 bridgehead atoms. The molecule has 2 rings (SSSR count). The van der Waals surface area contributed by atoms with Crippen LogP contribution in [0.15, 0.2) is 0 Å². The Kier molecular flexibility index (Phi) is 4.83. The van der Waals surface area contributed by atoms with Gasteiger partial charge in [0.05, 0.1) is 6.61 Å².